The summed E-state index contributed by atoms with van der Waals surface area (Å²) in [5, 5.41) is 0. The van der Waals surface area contributed by atoms with E-state index in [9.17, 15) is 9.59 Å². The number of nitrogens with zero attached hydrogens (tertiary/aromatic N) is 1. The van der Waals surface area contributed by atoms with Gasteiger partial charge in [-0.15, -0.1) is 0 Å². The topological polar surface area (TPSA) is 55.8 Å². The Hall–Kier alpha value is -3.08. The molecule has 5 nitrogen and oxygen atoms in total. The number of rotatable bonds is 6. The van der Waals surface area contributed by atoms with Crippen molar-refractivity contribution in [1.29, 1.82) is 0 Å². The highest BCUT2D eigenvalue weighted by Crippen LogP contribution is 2.28. The van der Waals surface area contributed by atoms with Crippen LogP contribution in [0.4, 0.5) is 0 Å². The van der Waals surface area contributed by atoms with Crippen LogP contribution in [-0.4, -0.2) is 37.4 Å². The van der Waals surface area contributed by atoms with E-state index in [1.54, 1.807) is 37.3 Å². The summed E-state index contributed by atoms with van der Waals surface area (Å²) in [7, 11) is 3.15. The first-order valence-corrected chi connectivity index (χ1v) is 7.92. The van der Waals surface area contributed by atoms with Crippen molar-refractivity contribution in [2.45, 2.75) is 6.54 Å². The van der Waals surface area contributed by atoms with E-state index < -0.39 is 0 Å². The molecule has 25 heavy (non-hydrogen) atoms. The van der Waals surface area contributed by atoms with E-state index in [-0.39, 0.29) is 11.7 Å². The summed E-state index contributed by atoms with van der Waals surface area (Å²) in [4.78, 5) is 26.4. The fraction of sp³-hybridized carbons (Fsp3) is 0.200. The molecule has 0 saturated heterocycles. The molecule has 0 saturated carbocycles. The van der Waals surface area contributed by atoms with Crippen LogP contribution < -0.4 is 9.47 Å². The molecule has 0 radical (unpaired) electrons. The molecular formula is C20H19NO4. The molecule has 0 unspecified atom stereocenters. The minimum atomic E-state index is -0.158. The molecule has 0 fully saturated rings. The van der Waals surface area contributed by atoms with Gasteiger partial charge in [0.1, 0.15) is 0 Å². The number of ether oxygens (including phenoxy) is 2. The van der Waals surface area contributed by atoms with Crippen molar-refractivity contribution in [1.82, 2.24) is 4.90 Å². The first-order valence-electron chi connectivity index (χ1n) is 7.92. The average molecular weight is 337 g/mol. The second kappa shape index (κ2) is 7.21. The predicted molar refractivity (Wildman–Crippen MR) is 93.8 cm³/mol. The maximum Gasteiger partial charge on any atom is 0.247 e. The lowest BCUT2D eigenvalue weighted by Crippen LogP contribution is -2.26. The monoisotopic (exact) mass is 337 g/mol. The number of ketones is 1. The van der Waals surface area contributed by atoms with Crippen LogP contribution in [0.3, 0.4) is 0 Å². The second-order valence-corrected chi connectivity index (χ2v) is 5.75. The van der Waals surface area contributed by atoms with Gasteiger partial charge in [-0.3, -0.25) is 9.59 Å². The molecule has 3 rings (SSSR count). The summed E-state index contributed by atoms with van der Waals surface area (Å²) in [5.74, 6) is 0.982. The van der Waals surface area contributed by atoms with Gasteiger partial charge >= 0.3 is 0 Å². The van der Waals surface area contributed by atoms with Gasteiger partial charge in [0, 0.05) is 23.8 Å². The third-order valence-electron chi connectivity index (χ3n) is 4.12. The van der Waals surface area contributed by atoms with Crippen molar-refractivity contribution >= 4 is 11.7 Å². The van der Waals surface area contributed by atoms with E-state index in [0.29, 0.717) is 35.7 Å². The SMILES string of the molecule is COc1ccc(CN2CC(C(=O)c3ccccc3)=CC2=O)cc1OC. The number of benzene rings is 2. The van der Waals surface area contributed by atoms with Crippen LogP contribution in [0.5, 0.6) is 11.5 Å². The van der Waals surface area contributed by atoms with E-state index in [1.807, 2.05) is 30.3 Å². The van der Waals surface area contributed by atoms with E-state index in [0.717, 1.165) is 5.56 Å². The van der Waals surface area contributed by atoms with E-state index in [4.69, 9.17) is 9.47 Å². The molecular weight excluding hydrogens is 318 g/mol. The van der Waals surface area contributed by atoms with Gasteiger partial charge in [0.2, 0.25) is 5.91 Å². The molecule has 0 aromatic heterocycles. The summed E-state index contributed by atoms with van der Waals surface area (Å²) >= 11 is 0. The summed E-state index contributed by atoms with van der Waals surface area (Å²) < 4.78 is 10.5. The van der Waals surface area contributed by atoms with Gasteiger partial charge in [0.25, 0.3) is 0 Å². The van der Waals surface area contributed by atoms with Crippen LogP contribution in [0.2, 0.25) is 0 Å². The van der Waals surface area contributed by atoms with Crippen molar-refractivity contribution in [3.63, 3.8) is 0 Å². The number of hydrogen-bond donors (Lipinski definition) is 0. The third-order valence-corrected chi connectivity index (χ3v) is 4.12. The Kier molecular flexibility index (Phi) is 4.84. The molecule has 1 aliphatic rings. The number of carbonyl (C=O) groups is 2. The maximum atomic E-state index is 12.5. The van der Waals surface area contributed by atoms with Gasteiger partial charge in [-0.25, -0.2) is 0 Å². The number of carbonyl (C=O) groups excluding carboxylic acids is 2. The lowest BCUT2D eigenvalue weighted by molar-refractivity contribution is -0.125. The second-order valence-electron chi connectivity index (χ2n) is 5.75. The van der Waals surface area contributed by atoms with Crippen LogP contribution >= 0.6 is 0 Å². The lowest BCUT2D eigenvalue weighted by Gasteiger charge is -2.17. The lowest BCUT2D eigenvalue weighted by atomic mass is 10.0. The molecule has 1 heterocycles. The van der Waals surface area contributed by atoms with Crippen LogP contribution in [0.15, 0.2) is 60.2 Å². The zero-order valence-corrected chi connectivity index (χ0v) is 14.2. The van der Waals surface area contributed by atoms with E-state index in [2.05, 4.69) is 0 Å². The zero-order valence-electron chi connectivity index (χ0n) is 14.2. The molecule has 5 heteroatoms. The normalized spacial score (nSPS) is 13.6. The summed E-state index contributed by atoms with van der Waals surface area (Å²) in [6.45, 7) is 0.710. The van der Waals surface area contributed by atoms with Gasteiger partial charge in [0.05, 0.1) is 20.8 Å². The smallest absolute Gasteiger partial charge is 0.247 e. The minimum Gasteiger partial charge on any atom is -0.493 e. The first-order chi connectivity index (χ1) is 12.1. The van der Waals surface area contributed by atoms with Gasteiger partial charge in [-0.1, -0.05) is 36.4 Å². The molecule has 2 aromatic carbocycles. The van der Waals surface area contributed by atoms with Crippen molar-refractivity contribution < 1.29 is 19.1 Å². The van der Waals surface area contributed by atoms with Crippen molar-refractivity contribution in [3.8, 4) is 11.5 Å². The van der Waals surface area contributed by atoms with Crippen molar-refractivity contribution in [2.24, 2.45) is 0 Å². The Bertz CT molecular complexity index is 827. The summed E-state index contributed by atoms with van der Waals surface area (Å²) in [6.07, 6.45) is 1.43. The molecule has 1 aliphatic heterocycles. The first kappa shape index (κ1) is 16.8. The Balaban J connectivity index is 1.72. The largest absolute Gasteiger partial charge is 0.493 e. The Labute approximate surface area is 146 Å². The van der Waals surface area contributed by atoms with Gasteiger partial charge < -0.3 is 14.4 Å². The van der Waals surface area contributed by atoms with Gasteiger partial charge in [-0.05, 0) is 17.7 Å². The Morgan fingerprint density at radius 1 is 1.04 bits per heavy atom. The van der Waals surface area contributed by atoms with Crippen LogP contribution in [0.25, 0.3) is 0 Å². The predicted octanol–water partition coefficient (Wildman–Crippen LogP) is 2.86. The highest BCUT2D eigenvalue weighted by atomic mass is 16.5. The summed E-state index contributed by atoms with van der Waals surface area (Å²) in [5.41, 5.74) is 2.01. The molecule has 0 spiro atoms. The highest BCUT2D eigenvalue weighted by Gasteiger charge is 2.26. The quantitative estimate of drug-likeness (QED) is 0.761. The number of Topliss-reactive ketones (excluding diaryl/α,β-unsaturated/α-hetero) is 1. The standard InChI is InChI=1S/C20H19NO4/c1-24-17-9-8-14(10-18(17)25-2)12-21-13-16(11-19(21)22)20(23)15-6-4-3-5-7-15/h3-11H,12-13H2,1-2H3. The molecule has 2 aromatic rings. The van der Waals surface area contributed by atoms with Crippen molar-refractivity contribution in [3.05, 3.63) is 71.3 Å². The average Bonchev–Trinajstić information content (AvgIpc) is 3.02. The maximum absolute atomic E-state index is 12.5. The molecule has 1 amide bonds. The number of amides is 1. The molecule has 0 aliphatic carbocycles. The van der Waals surface area contributed by atoms with Crippen LogP contribution in [0, 0.1) is 0 Å². The van der Waals surface area contributed by atoms with Gasteiger partial charge in [0.15, 0.2) is 17.3 Å². The molecule has 0 bridgehead atoms. The summed E-state index contributed by atoms with van der Waals surface area (Å²) in [6, 6.07) is 14.5. The van der Waals surface area contributed by atoms with E-state index in [1.165, 1.54) is 6.08 Å². The third kappa shape index (κ3) is 3.55. The minimum absolute atomic E-state index is 0.108. The van der Waals surface area contributed by atoms with Gasteiger partial charge in [-0.2, -0.15) is 0 Å². The Morgan fingerprint density at radius 2 is 1.76 bits per heavy atom. The molecule has 128 valence electrons. The fourth-order valence-electron chi connectivity index (χ4n) is 2.81. The number of methoxy groups -OCH3 is 2. The molecule has 0 N–H and O–H groups in total. The Morgan fingerprint density at radius 3 is 2.44 bits per heavy atom. The van der Waals surface area contributed by atoms with Crippen LogP contribution in [0.1, 0.15) is 15.9 Å². The molecule has 0 atom stereocenters. The van der Waals surface area contributed by atoms with Crippen molar-refractivity contribution in [2.75, 3.05) is 20.8 Å². The highest BCUT2D eigenvalue weighted by molar-refractivity contribution is 6.14. The van der Waals surface area contributed by atoms with Crippen LogP contribution in [-0.2, 0) is 11.3 Å². The fourth-order valence-corrected chi connectivity index (χ4v) is 2.81. The van der Waals surface area contributed by atoms with E-state index >= 15 is 0 Å². The number of hydrogen-bond acceptors (Lipinski definition) is 4. The zero-order chi connectivity index (χ0) is 17.8.